The Morgan fingerprint density at radius 3 is 2.73 bits per heavy atom. The molecule has 2 aromatic carbocycles. The van der Waals surface area contributed by atoms with Crippen LogP contribution in [0.1, 0.15) is 44.9 Å². The number of anilines is 2. The van der Waals surface area contributed by atoms with Gasteiger partial charge in [0, 0.05) is 37.7 Å². The Morgan fingerprint density at radius 1 is 1.07 bits per heavy atom. The maximum absolute atomic E-state index is 15.5. The Hall–Kier alpha value is -5.06. The number of rotatable bonds is 5. The van der Waals surface area contributed by atoms with Gasteiger partial charge in [-0.2, -0.15) is 0 Å². The molecule has 1 fully saturated rings. The molecule has 0 saturated carbocycles. The maximum atomic E-state index is 15.5. The van der Waals surface area contributed by atoms with Crippen molar-refractivity contribution < 1.29 is 18.7 Å². The summed E-state index contributed by atoms with van der Waals surface area (Å²) in [5.41, 5.74) is 5.21. The summed E-state index contributed by atoms with van der Waals surface area (Å²) in [6.45, 7) is 8.17. The lowest BCUT2D eigenvalue weighted by molar-refractivity contribution is 0.0223. The number of halogens is 1. The first-order chi connectivity index (χ1) is 21.5. The molecule has 1 aliphatic carbocycles. The van der Waals surface area contributed by atoms with E-state index in [-0.39, 0.29) is 23.7 Å². The molecule has 230 valence electrons. The van der Waals surface area contributed by atoms with E-state index in [9.17, 15) is 4.79 Å². The Balaban J connectivity index is 1.12. The molecule has 1 aliphatic heterocycles. The number of hydrogen-bond donors (Lipinski definition) is 1. The summed E-state index contributed by atoms with van der Waals surface area (Å²) < 4.78 is 29.1. The van der Waals surface area contributed by atoms with Gasteiger partial charge in [-0.1, -0.05) is 6.08 Å². The Morgan fingerprint density at radius 2 is 1.91 bits per heavy atom. The molecule has 0 spiro atoms. The van der Waals surface area contributed by atoms with Crippen LogP contribution in [-0.2, 0) is 11.8 Å². The molecule has 7 rings (SSSR count). The zero-order valence-electron chi connectivity index (χ0n) is 25.8. The van der Waals surface area contributed by atoms with Crippen molar-refractivity contribution in [2.24, 2.45) is 13.0 Å². The quantitative estimate of drug-likeness (QED) is 0.222. The Labute approximate surface area is 259 Å². The zero-order chi connectivity index (χ0) is 31.5. The number of nitrogens with one attached hydrogen (secondary N) is 1. The molecule has 11 heteroatoms. The molecule has 3 aromatic heterocycles. The molecule has 0 bridgehead atoms. The van der Waals surface area contributed by atoms with Crippen LogP contribution in [0, 0.1) is 18.7 Å². The van der Waals surface area contributed by atoms with Crippen LogP contribution in [0.3, 0.4) is 0 Å². The largest absolute Gasteiger partial charge is 0.457 e. The topological polar surface area (TPSA) is 107 Å². The zero-order valence-corrected chi connectivity index (χ0v) is 25.8. The van der Waals surface area contributed by atoms with E-state index in [1.807, 2.05) is 74.5 Å². The lowest BCUT2D eigenvalue weighted by Gasteiger charge is -2.28. The molecule has 2 unspecified atom stereocenters. The number of likely N-dealkylation sites (tertiary alicyclic amines) is 1. The van der Waals surface area contributed by atoms with E-state index in [4.69, 9.17) is 14.5 Å². The average Bonchev–Trinajstić information content (AvgIpc) is 3.69. The molecule has 1 saturated heterocycles. The fourth-order valence-electron chi connectivity index (χ4n) is 6.14. The number of pyridine rings is 1. The Bertz CT molecular complexity index is 2000. The van der Waals surface area contributed by atoms with Crippen LogP contribution in [0.2, 0.25) is 0 Å². The number of ether oxygens (including phenoxy) is 2. The SMILES string of the molecule is Cc1cc(Nc2ncnc3ccc(C4=CC5CCN(C(=O)OC(C)(C)C)C5C4)nc23)c(F)cc1Oc1ccc2c(c1)ncn2C. The highest BCUT2D eigenvalue weighted by Crippen LogP contribution is 2.41. The summed E-state index contributed by atoms with van der Waals surface area (Å²) in [5, 5.41) is 3.13. The molecular weight excluding hydrogens is 573 g/mol. The van der Waals surface area contributed by atoms with Crippen LogP contribution in [0.15, 0.2) is 61.2 Å². The van der Waals surface area contributed by atoms with Crippen molar-refractivity contribution in [2.45, 2.75) is 52.2 Å². The molecule has 5 aromatic rings. The van der Waals surface area contributed by atoms with Crippen LogP contribution in [-0.4, -0.2) is 53.7 Å². The van der Waals surface area contributed by atoms with E-state index in [1.54, 1.807) is 12.4 Å². The molecule has 4 heterocycles. The third-order valence-electron chi connectivity index (χ3n) is 8.32. The summed E-state index contributed by atoms with van der Waals surface area (Å²) in [4.78, 5) is 32.8. The van der Waals surface area contributed by atoms with Crippen molar-refractivity contribution in [3.63, 3.8) is 0 Å². The number of nitrogens with zero attached hydrogens (tertiary/aromatic N) is 6. The summed E-state index contributed by atoms with van der Waals surface area (Å²) in [5.74, 6) is 1.12. The highest BCUT2D eigenvalue weighted by molar-refractivity contribution is 5.88. The lowest BCUT2D eigenvalue weighted by atomic mass is 10.1. The van der Waals surface area contributed by atoms with E-state index < -0.39 is 11.4 Å². The predicted molar refractivity (Wildman–Crippen MR) is 170 cm³/mol. The second-order valence-corrected chi connectivity index (χ2v) is 12.7. The van der Waals surface area contributed by atoms with Crippen LogP contribution < -0.4 is 10.1 Å². The first kappa shape index (κ1) is 28.7. The number of aryl methyl sites for hydroxylation is 2. The summed E-state index contributed by atoms with van der Waals surface area (Å²) in [6, 6.07) is 12.5. The van der Waals surface area contributed by atoms with Crippen LogP contribution >= 0.6 is 0 Å². The molecule has 1 amide bonds. The van der Waals surface area contributed by atoms with Crippen molar-refractivity contribution in [1.29, 1.82) is 0 Å². The van der Waals surface area contributed by atoms with E-state index in [1.165, 1.54) is 12.4 Å². The van der Waals surface area contributed by atoms with Gasteiger partial charge >= 0.3 is 6.09 Å². The van der Waals surface area contributed by atoms with Crippen molar-refractivity contribution in [2.75, 3.05) is 11.9 Å². The highest BCUT2D eigenvalue weighted by Gasteiger charge is 2.42. The molecule has 2 aliphatic rings. The van der Waals surface area contributed by atoms with Crippen molar-refractivity contribution in [3.05, 3.63) is 78.3 Å². The van der Waals surface area contributed by atoms with Crippen LogP contribution in [0.4, 0.5) is 20.7 Å². The van der Waals surface area contributed by atoms with Gasteiger partial charge in [0.2, 0.25) is 0 Å². The number of imidazole rings is 1. The van der Waals surface area contributed by atoms with Gasteiger partial charge in [0.1, 0.15) is 34.8 Å². The minimum atomic E-state index is -0.548. The number of carbonyl (C=O) groups is 1. The van der Waals surface area contributed by atoms with Gasteiger partial charge in [-0.3, -0.25) is 0 Å². The Kier molecular flexibility index (Phi) is 6.91. The molecule has 45 heavy (non-hydrogen) atoms. The minimum absolute atomic E-state index is 0.0423. The number of hydrogen-bond acceptors (Lipinski definition) is 8. The second-order valence-electron chi connectivity index (χ2n) is 12.7. The predicted octanol–water partition coefficient (Wildman–Crippen LogP) is 7.31. The number of amides is 1. The fraction of sp³-hybridized carbons (Fsp3) is 0.324. The van der Waals surface area contributed by atoms with E-state index in [0.717, 1.165) is 34.3 Å². The van der Waals surface area contributed by atoms with Crippen LogP contribution in [0.25, 0.3) is 27.6 Å². The third kappa shape index (κ3) is 5.54. The van der Waals surface area contributed by atoms with Gasteiger partial charge < -0.3 is 24.3 Å². The normalized spacial score (nSPS) is 17.9. The van der Waals surface area contributed by atoms with Crippen molar-refractivity contribution in [3.8, 4) is 11.5 Å². The maximum Gasteiger partial charge on any atom is 0.410 e. The van der Waals surface area contributed by atoms with Crippen molar-refractivity contribution in [1.82, 2.24) is 29.4 Å². The van der Waals surface area contributed by atoms with Gasteiger partial charge in [0.25, 0.3) is 0 Å². The minimum Gasteiger partial charge on any atom is -0.457 e. The van der Waals surface area contributed by atoms with Crippen LogP contribution in [0.5, 0.6) is 11.5 Å². The second kappa shape index (κ2) is 10.8. The van der Waals surface area contributed by atoms with Gasteiger partial charge in [-0.25, -0.2) is 29.1 Å². The highest BCUT2D eigenvalue weighted by atomic mass is 19.1. The third-order valence-corrected chi connectivity index (χ3v) is 8.32. The summed E-state index contributed by atoms with van der Waals surface area (Å²) in [6.07, 6.45) is 6.67. The summed E-state index contributed by atoms with van der Waals surface area (Å²) >= 11 is 0. The van der Waals surface area contributed by atoms with Gasteiger partial charge in [0.15, 0.2) is 5.82 Å². The molecular formula is C34H34FN7O3. The average molecular weight is 608 g/mol. The van der Waals surface area contributed by atoms with Gasteiger partial charge in [-0.15, -0.1) is 0 Å². The summed E-state index contributed by atoms with van der Waals surface area (Å²) in [7, 11) is 1.93. The van der Waals surface area contributed by atoms with Crippen molar-refractivity contribution >= 4 is 45.2 Å². The molecule has 2 atom stereocenters. The number of carbonyl (C=O) groups excluding carboxylic acids is 1. The molecule has 10 nitrogen and oxygen atoms in total. The molecule has 0 radical (unpaired) electrons. The lowest BCUT2D eigenvalue weighted by Crippen LogP contribution is -2.40. The monoisotopic (exact) mass is 607 g/mol. The number of benzene rings is 2. The van der Waals surface area contributed by atoms with Gasteiger partial charge in [-0.05, 0) is 82.0 Å². The molecule has 1 N–H and O–H groups in total. The van der Waals surface area contributed by atoms with E-state index >= 15 is 4.39 Å². The standard InChI is InChI=1S/C34H34FN7O3/c1-19-12-26(23(35)16-30(19)44-22-6-9-28-27(15-22)38-18-41(28)5)40-32-31-25(36-17-37-32)8-7-24(39-31)21-13-20-10-11-42(29(20)14-21)33(43)45-34(2,3)4/h6-9,12-13,15-18,20,29H,10-11,14H2,1-5H3,(H,36,37,40). The first-order valence-corrected chi connectivity index (χ1v) is 15.0. The number of fused-ring (bicyclic) bond motifs is 3. The van der Waals surface area contributed by atoms with Gasteiger partial charge in [0.05, 0.1) is 34.3 Å². The van der Waals surface area contributed by atoms with E-state index in [2.05, 4.69) is 26.3 Å². The van der Waals surface area contributed by atoms with E-state index in [0.29, 0.717) is 41.3 Å². The fourth-order valence-corrected chi connectivity index (χ4v) is 6.14. The first-order valence-electron chi connectivity index (χ1n) is 15.0. The number of aromatic nitrogens is 5. The smallest absolute Gasteiger partial charge is 0.410 e.